The zero-order valence-electron chi connectivity index (χ0n) is 20.7. The number of oxime groups is 1. The van der Waals surface area contributed by atoms with Gasteiger partial charge in [-0.2, -0.15) is 18.2 Å². The summed E-state index contributed by atoms with van der Waals surface area (Å²) >= 11 is 7.58. The first-order valence-corrected chi connectivity index (χ1v) is 13.3. The molecular formula is C25H23ClF3N5O4S. The molecule has 1 unspecified atom stereocenters. The molecule has 1 amide bonds. The Morgan fingerprint density at radius 3 is 2.72 bits per heavy atom. The van der Waals surface area contributed by atoms with Crippen LogP contribution in [-0.4, -0.2) is 58.3 Å². The van der Waals surface area contributed by atoms with E-state index in [0.717, 1.165) is 23.9 Å². The van der Waals surface area contributed by atoms with Crippen LogP contribution in [-0.2, 0) is 15.8 Å². The molecule has 1 atom stereocenters. The summed E-state index contributed by atoms with van der Waals surface area (Å²) in [4.78, 5) is 32.4. The van der Waals surface area contributed by atoms with Crippen molar-refractivity contribution in [3.63, 3.8) is 0 Å². The Kier molecular flexibility index (Phi) is 7.89. The second-order valence-electron chi connectivity index (χ2n) is 8.95. The number of hydrogen-bond acceptors (Lipinski definition) is 9. The van der Waals surface area contributed by atoms with E-state index in [4.69, 9.17) is 30.9 Å². The summed E-state index contributed by atoms with van der Waals surface area (Å²) in [5.74, 6) is 0.499. The van der Waals surface area contributed by atoms with Gasteiger partial charge in [-0.3, -0.25) is 9.78 Å². The predicted octanol–water partition coefficient (Wildman–Crippen LogP) is 5.26. The maximum atomic E-state index is 13.5. The molecule has 0 bridgehead atoms. The number of alkyl halides is 3. The summed E-state index contributed by atoms with van der Waals surface area (Å²) in [5, 5.41) is 6.73. The van der Waals surface area contributed by atoms with E-state index in [1.165, 1.54) is 43.0 Å². The number of methoxy groups -OCH3 is 1. The lowest BCUT2D eigenvalue weighted by Gasteiger charge is -2.31. The highest BCUT2D eigenvalue weighted by molar-refractivity contribution is 7.10. The van der Waals surface area contributed by atoms with Gasteiger partial charge in [-0.25, -0.2) is 4.98 Å². The Morgan fingerprint density at radius 1 is 1.21 bits per heavy atom. The number of benzene rings is 1. The second-order valence-corrected chi connectivity index (χ2v) is 10.2. The molecule has 39 heavy (non-hydrogen) atoms. The first kappa shape index (κ1) is 27.1. The molecule has 0 spiro atoms. The average molecular weight is 582 g/mol. The van der Waals surface area contributed by atoms with Crippen molar-refractivity contribution in [1.82, 2.24) is 19.9 Å². The normalized spacial score (nSPS) is 18.0. The van der Waals surface area contributed by atoms with Crippen LogP contribution in [0.3, 0.4) is 0 Å². The first-order chi connectivity index (χ1) is 18.7. The van der Waals surface area contributed by atoms with E-state index in [-0.39, 0.29) is 41.3 Å². The Bertz CT molecular complexity index is 1380. The summed E-state index contributed by atoms with van der Waals surface area (Å²) < 4.78 is 51.1. The van der Waals surface area contributed by atoms with Crippen molar-refractivity contribution in [3.05, 3.63) is 62.8 Å². The van der Waals surface area contributed by atoms with Gasteiger partial charge in [0.1, 0.15) is 5.71 Å². The number of halogens is 4. The maximum absolute atomic E-state index is 13.5. The third kappa shape index (κ3) is 6.09. The molecule has 9 nitrogen and oxygen atoms in total. The standard InChI is InChI=1S/C25H23ClF3N5O4S/c1-36-20-10-30-11-21(32-20)37-12-22(35)34-7-5-14(6-8-34)24-31-18(13-39-24)17-9-19(38-33-17)23-15(25(27,28)29)3-2-4-16(23)26/h2-4,10-11,13-14,19H,5-9,12H2,1H3. The summed E-state index contributed by atoms with van der Waals surface area (Å²) in [6.45, 7) is 0.936. The first-order valence-electron chi connectivity index (χ1n) is 12.0. The van der Waals surface area contributed by atoms with Gasteiger partial charge in [0, 0.05) is 41.4 Å². The lowest BCUT2D eigenvalue weighted by Crippen LogP contribution is -2.40. The smallest absolute Gasteiger partial charge is 0.416 e. The summed E-state index contributed by atoms with van der Waals surface area (Å²) in [5.41, 5.74) is 0.0873. The van der Waals surface area contributed by atoms with E-state index in [1.807, 2.05) is 5.38 Å². The maximum Gasteiger partial charge on any atom is 0.416 e. The van der Waals surface area contributed by atoms with Gasteiger partial charge in [0.05, 0.1) is 35.8 Å². The number of rotatable bonds is 7. The topological polar surface area (TPSA) is 99.0 Å². The number of thiazole rings is 1. The van der Waals surface area contributed by atoms with E-state index in [1.54, 1.807) is 4.90 Å². The van der Waals surface area contributed by atoms with Crippen LogP contribution in [0, 0.1) is 0 Å². The number of hydrogen-bond donors (Lipinski definition) is 0. The van der Waals surface area contributed by atoms with Crippen molar-refractivity contribution in [2.75, 3.05) is 26.8 Å². The van der Waals surface area contributed by atoms with Crippen LogP contribution >= 0.6 is 22.9 Å². The van der Waals surface area contributed by atoms with Crippen LogP contribution in [0.5, 0.6) is 11.8 Å². The zero-order valence-corrected chi connectivity index (χ0v) is 22.2. The van der Waals surface area contributed by atoms with Crippen LogP contribution in [0.15, 0.2) is 41.1 Å². The van der Waals surface area contributed by atoms with E-state index in [2.05, 4.69) is 15.1 Å². The molecule has 0 radical (unpaired) electrons. The molecule has 14 heteroatoms. The highest BCUT2D eigenvalue weighted by Gasteiger charge is 2.39. The summed E-state index contributed by atoms with van der Waals surface area (Å²) in [6, 6.07) is 3.66. The lowest BCUT2D eigenvalue weighted by molar-refractivity contribution is -0.139. The Morgan fingerprint density at radius 2 is 1.97 bits per heavy atom. The predicted molar refractivity (Wildman–Crippen MR) is 136 cm³/mol. The number of piperidine rings is 1. The molecule has 0 saturated carbocycles. The van der Waals surface area contributed by atoms with Gasteiger partial charge in [-0.15, -0.1) is 11.3 Å². The molecule has 2 aliphatic heterocycles. The molecule has 5 rings (SSSR count). The minimum atomic E-state index is -4.56. The van der Waals surface area contributed by atoms with E-state index < -0.39 is 17.8 Å². The van der Waals surface area contributed by atoms with Gasteiger partial charge in [-0.1, -0.05) is 22.8 Å². The number of carbonyl (C=O) groups excluding carboxylic acids is 1. The molecule has 1 fully saturated rings. The molecule has 1 saturated heterocycles. The summed E-state index contributed by atoms with van der Waals surface area (Å²) in [7, 11) is 1.47. The van der Waals surface area contributed by atoms with Gasteiger partial charge >= 0.3 is 6.18 Å². The van der Waals surface area contributed by atoms with Crippen LogP contribution in [0.25, 0.3) is 0 Å². The molecule has 3 aromatic rings. The van der Waals surface area contributed by atoms with Gasteiger partial charge in [-0.05, 0) is 25.0 Å². The van der Waals surface area contributed by atoms with Crippen LogP contribution in [0.4, 0.5) is 13.2 Å². The van der Waals surface area contributed by atoms with Gasteiger partial charge in [0.15, 0.2) is 12.7 Å². The quantitative estimate of drug-likeness (QED) is 0.375. The van der Waals surface area contributed by atoms with Crippen LogP contribution in [0.2, 0.25) is 5.02 Å². The lowest BCUT2D eigenvalue weighted by atomic mass is 9.97. The van der Waals surface area contributed by atoms with E-state index in [9.17, 15) is 18.0 Å². The van der Waals surface area contributed by atoms with Crippen molar-refractivity contribution in [2.24, 2.45) is 5.16 Å². The van der Waals surface area contributed by atoms with Crippen molar-refractivity contribution < 1.29 is 32.3 Å². The number of aromatic nitrogens is 3. The third-order valence-electron chi connectivity index (χ3n) is 6.51. The molecule has 206 valence electrons. The SMILES string of the molecule is COc1cncc(OCC(=O)N2CCC(c3nc(C4=NOC(c5c(Cl)cccc5C(F)(F)F)C4)cs3)CC2)n1. The molecule has 1 aromatic carbocycles. The molecule has 4 heterocycles. The Hall–Kier alpha value is -3.45. The van der Waals surface area contributed by atoms with Crippen molar-refractivity contribution in [3.8, 4) is 11.8 Å². The fourth-order valence-corrected chi connectivity index (χ4v) is 5.80. The summed E-state index contributed by atoms with van der Waals surface area (Å²) in [6.07, 6.45) is -1.10. The highest BCUT2D eigenvalue weighted by Crippen LogP contribution is 2.42. The minimum absolute atomic E-state index is 0.0200. The second kappa shape index (κ2) is 11.3. The van der Waals surface area contributed by atoms with E-state index >= 15 is 0 Å². The van der Waals surface area contributed by atoms with Gasteiger partial charge < -0.3 is 19.2 Å². The van der Waals surface area contributed by atoms with Crippen molar-refractivity contribution >= 4 is 34.6 Å². The average Bonchev–Trinajstić information content (AvgIpc) is 3.62. The zero-order chi connectivity index (χ0) is 27.6. The minimum Gasteiger partial charge on any atom is -0.480 e. The molecule has 2 aromatic heterocycles. The Labute approximate surface area is 230 Å². The monoisotopic (exact) mass is 581 g/mol. The number of carbonyl (C=O) groups is 1. The highest BCUT2D eigenvalue weighted by atomic mass is 35.5. The number of likely N-dealkylation sites (tertiary alicyclic amines) is 1. The third-order valence-corrected chi connectivity index (χ3v) is 7.84. The molecule has 2 aliphatic rings. The van der Waals surface area contributed by atoms with Crippen LogP contribution < -0.4 is 9.47 Å². The van der Waals surface area contributed by atoms with Crippen molar-refractivity contribution in [1.29, 1.82) is 0 Å². The number of nitrogens with zero attached hydrogens (tertiary/aromatic N) is 5. The Balaban J connectivity index is 1.16. The fraction of sp³-hybridized carbons (Fsp3) is 0.400. The largest absolute Gasteiger partial charge is 0.480 e. The number of ether oxygens (including phenoxy) is 2. The molecule has 0 aliphatic carbocycles. The van der Waals surface area contributed by atoms with Crippen molar-refractivity contribution in [2.45, 2.75) is 37.5 Å². The van der Waals surface area contributed by atoms with E-state index in [0.29, 0.717) is 30.4 Å². The fourth-order valence-electron chi connectivity index (χ4n) is 4.50. The van der Waals surface area contributed by atoms with Gasteiger partial charge in [0.25, 0.3) is 5.91 Å². The van der Waals surface area contributed by atoms with Gasteiger partial charge in [0.2, 0.25) is 11.8 Å². The number of amides is 1. The molecule has 0 N–H and O–H groups in total. The molecular weight excluding hydrogens is 559 g/mol. The van der Waals surface area contributed by atoms with Crippen LogP contribution in [0.1, 0.15) is 53.1 Å².